The zero-order valence-corrected chi connectivity index (χ0v) is 26.2. The molecule has 1 saturated heterocycles. The van der Waals surface area contributed by atoms with Gasteiger partial charge in [-0.1, -0.05) is 13.0 Å². The Labute approximate surface area is 279 Å². The number of hydrogen-bond acceptors (Lipinski definition) is 18. The summed E-state index contributed by atoms with van der Waals surface area (Å²) in [5.41, 5.74) is 0.275. The van der Waals surface area contributed by atoms with Crippen molar-refractivity contribution in [1.29, 1.82) is 0 Å². The van der Waals surface area contributed by atoms with E-state index in [0.717, 1.165) is 12.3 Å². The fraction of sp³-hybridized carbons (Fsp3) is 0.613. The number of rotatable bonds is 13. The Hall–Kier alpha value is -3.40. The smallest absolute Gasteiger partial charge is 0.337 e. The van der Waals surface area contributed by atoms with Crippen LogP contribution >= 0.6 is 0 Å². The molecule has 1 aliphatic carbocycles. The molecular weight excluding hydrogens is 660 g/mol. The van der Waals surface area contributed by atoms with Crippen molar-refractivity contribution in [2.75, 3.05) is 19.8 Å². The molecule has 2 fully saturated rings. The van der Waals surface area contributed by atoms with E-state index < -0.39 is 123 Å². The number of carbonyl (C=O) groups is 2. The first-order valence-corrected chi connectivity index (χ1v) is 15.4. The summed E-state index contributed by atoms with van der Waals surface area (Å²) in [7, 11) is 0. The maximum atomic E-state index is 13.2. The molecular formula is C31H42O18. The third kappa shape index (κ3) is 8.67. The van der Waals surface area contributed by atoms with E-state index >= 15 is 0 Å². The summed E-state index contributed by atoms with van der Waals surface area (Å²) in [6.45, 7) is -0.815. The fourth-order valence-electron chi connectivity index (χ4n) is 6.02. The lowest BCUT2D eigenvalue weighted by molar-refractivity contribution is -0.342. The predicted octanol–water partition coefficient (Wildman–Crippen LogP) is -3.67. The van der Waals surface area contributed by atoms with E-state index in [0.29, 0.717) is 5.56 Å². The molecule has 2 unspecified atom stereocenters. The van der Waals surface area contributed by atoms with Gasteiger partial charge in [-0.25, -0.2) is 9.59 Å². The van der Waals surface area contributed by atoms with Gasteiger partial charge in [-0.3, -0.25) is 0 Å². The molecule has 1 aromatic rings. The van der Waals surface area contributed by atoms with Crippen LogP contribution in [0, 0.1) is 17.8 Å². The highest BCUT2D eigenvalue weighted by Crippen LogP contribution is 2.49. The van der Waals surface area contributed by atoms with Gasteiger partial charge in [-0.15, -0.1) is 0 Å². The molecule has 4 rings (SSSR count). The first kappa shape index (κ1) is 38.4. The molecule has 0 radical (unpaired) electrons. The van der Waals surface area contributed by atoms with Gasteiger partial charge in [0.2, 0.25) is 6.29 Å². The van der Waals surface area contributed by atoms with Crippen LogP contribution in [0.1, 0.15) is 18.9 Å². The minimum absolute atomic E-state index is 0.0107. The summed E-state index contributed by atoms with van der Waals surface area (Å²) < 4.78 is 27.8. The summed E-state index contributed by atoms with van der Waals surface area (Å²) >= 11 is 0. The molecule has 0 spiro atoms. The van der Waals surface area contributed by atoms with E-state index in [1.165, 1.54) is 24.3 Å². The average molecular weight is 703 g/mol. The van der Waals surface area contributed by atoms with Crippen molar-refractivity contribution in [1.82, 2.24) is 0 Å². The topological polar surface area (TPSA) is 303 Å². The normalized spacial score (nSPS) is 33.9. The number of carbonyl (C=O) groups excluding carboxylic acids is 2. The van der Waals surface area contributed by atoms with Crippen molar-refractivity contribution < 1.29 is 89.4 Å². The van der Waals surface area contributed by atoms with E-state index in [1.807, 2.05) is 0 Å². The monoisotopic (exact) mass is 702 g/mol. The van der Waals surface area contributed by atoms with Gasteiger partial charge in [0.1, 0.15) is 61.5 Å². The van der Waals surface area contributed by atoms with Gasteiger partial charge in [0, 0.05) is 23.8 Å². The molecule has 1 aromatic carbocycles. The van der Waals surface area contributed by atoms with Crippen LogP contribution in [0.25, 0.3) is 6.08 Å². The second-order valence-electron chi connectivity index (χ2n) is 12.1. The third-order valence-electron chi connectivity index (χ3n) is 8.93. The summed E-state index contributed by atoms with van der Waals surface area (Å²) in [4.78, 5) is 26.0. The van der Waals surface area contributed by atoms with Crippen LogP contribution in [0.2, 0.25) is 0 Å². The van der Waals surface area contributed by atoms with E-state index in [-0.39, 0.29) is 17.7 Å². The molecule has 18 nitrogen and oxygen atoms in total. The van der Waals surface area contributed by atoms with E-state index in [1.54, 1.807) is 6.92 Å². The van der Waals surface area contributed by atoms with Crippen molar-refractivity contribution in [2.45, 2.75) is 80.9 Å². The van der Waals surface area contributed by atoms with Crippen molar-refractivity contribution in [3.05, 3.63) is 41.7 Å². The predicted molar refractivity (Wildman–Crippen MR) is 159 cm³/mol. The zero-order valence-electron chi connectivity index (χ0n) is 26.2. The van der Waals surface area contributed by atoms with Gasteiger partial charge in [0.25, 0.3) is 0 Å². The number of phenols is 2. The highest BCUT2D eigenvalue weighted by molar-refractivity contribution is 5.89. The number of phenolic OH excluding ortho intramolecular Hbond substituents is 2. The maximum Gasteiger partial charge on any atom is 0.337 e. The second kappa shape index (κ2) is 16.5. The lowest BCUT2D eigenvalue weighted by Gasteiger charge is -2.43. The van der Waals surface area contributed by atoms with Gasteiger partial charge in [-0.2, -0.15) is 0 Å². The molecule has 18 heteroatoms. The van der Waals surface area contributed by atoms with Gasteiger partial charge < -0.3 is 79.9 Å². The number of hydrogen-bond donors (Lipinski definition) is 11. The molecule has 274 valence electrons. The molecule has 1 saturated carbocycles. The van der Waals surface area contributed by atoms with Crippen LogP contribution in [-0.4, -0.2) is 155 Å². The molecule has 0 bridgehead atoms. The summed E-state index contributed by atoms with van der Waals surface area (Å²) in [5, 5.41) is 108. The van der Waals surface area contributed by atoms with Crippen molar-refractivity contribution in [3.8, 4) is 11.5 Å². The fourth-order valence-corrected chi connectivity index (χ4v) is 6.02. The summed E-state index contributed by atoms with van der Waals surface area (Å²) in [5.74, 6) is -4.83. The van der Waals surface area contributed by atoms with Gasteiger partial charge in [-0.05, 0) is 30.2 Å². The highest BCUT2D eigenvalue weighted by Gasteiger charge is 2.55. The number of aromatic hydroxyl groups is 2. The van der Waals surface area contributed by atoms with E-state index in [2.05, 4.69) is 0 Å². The van der Waals surface area contributed by atoms with Crippen molar-refractivity contribution in [2.24, 2.45) is 17.8 Å². The van der Waals surface area contributed by atoms with E-state index in [4.69, 9.17) is 28.8 Å². The Morgan fingerprint density at radius 3 is 2.31 bits per heavy atom. The quantitative estimate of drug-likeness (QED) is 0.0536. The summed E-state index contributed by atoms with van der Waals surface area (Å²) in [6.07, 6.45) is -14.5. The lowest BCUT2D eigenvalue weighted by Crippen LogP contribution is -2.60. The van der Waals surface area contributed by atoms with Crippen LogP contribution in [0.3, 0.4) is 0 Å². The van der Waals surface area contributed by atoms with Crippen LogP contribution in [0.5, 0.6) is 11.5 Å². The van der Waals surface area contributed by atoms with Crippen molar-refractivity contribution in [3.63, 3.8) is 0 Å². The Bertz CT molecular complexity index is 1350. The molecule has 3 aliphatic rings. The largest absolute Gasteiger partial charge is 0.504 e. The molecule has 11 N–H and O–H groups in total. The Balaban J connectivity index is 1.52. The standard InChI is InChI=1S/C31H42O18/c1-12-20(47-22(38)5-3-13-2-4-16(34)17(35)6-13)7-14-15(29(44)45-11-19(37)25(40)24(39)18(36)8-32)10-46-30(23(12)14)49-31-28(43)27(42)26(41)21(9-33)48-31/h2-6,10,12,14,18-21,23-28,30-37,39-43H,7-9,11H2,1H3/b5-3+/t12-,14?,18-,19-,20+,21-,23?,24-,25-,26-,27+,28-,30+,31+/m1/s1. The number of aliphatic hydroxyl groups excluding tert-OH is 9. The number of esters is 2. The van der Waals surface area contributed by atoms with E-state index in [9.17, 15) is 60.7 Å². The van der Waals surface area contributed by atoms with Crippen LogP contribution in [-0.2, 0) is 33.3 Å². The number of benzene rings is 1. The second-order valence-corrected chi connectivity index (χ2v) is 12.1. The lowest BCUT2D eigenvalue weighted by atomic mass is 9.83. The summed E-state index contributed by atoms with van der Waals surface area (Å²) in [6, 6.07) is 3.89. The zero-order chi connectivity index (χ0) is 36.2. The molecule has 0 aromatic heterocycles. The molecule has 0 amide bonds. The maximum absolute atomic E-state index is 13.2. The van der Waals surface area contributed by atoms with Gasteiger partial charge >= 0.3 is 11.9 Å². The highest BCUT2D eigenvalue weighted by atomic mass is 16.8. The first-order chi connectivity index (χ1) is 23.2. The molecule has 49 heavy (non-hydrogen) atoms. The van der Waals surface area contributed by atoms with Crippen molar-refractivity contribution >= 4 is 18.0 Å². The minimum atomic E-state index is -2.00. The molecule has 2 aliphatic heterocycles. The van der Waals surface area contributed by atoms with Gasteiger partial charge in [0.15, 0.2) is 17.8 Å². The van der Waals surface area contributed by atoms with Crippen LogP contribution in [0.4, 0.5) is 0 Å². The van der Waals surface area contributed by atoms with Crippen LogP contribution in [0.15, 0.2) is 36.1 Å². The third-order valence-corrected chi connectivity index (χ3v) is 8.93. The number of aliphatic hydroxyl groups is 9. The Morgan fingerprint density at radius 2 is 1.65 bits per heavy atom. The van der Waals surface area contributed by atoms with Gasteiger partial charge in [0.05, 0.1) is 25.0 Å². The Kier molecular flexibility index (Phi) is 13.0. The Morgan fingerprint density at radius 1 is 0.959 bits per heavy atom. The molecule has 14 atom stereocenters. The van der Waals surface area contributed by atoms with Crippen LogP contribution < -0.4 is 0 Å². The SMILES string of the molecule is C[C@H]1C2C(C[C@@H]1OC(=O)/C=C/c1ccc(O)c(O)c1)C(C(=O)OC[C@@H](O)[C@@H](O)[C@H](O)[C@H](O)CO)=CO[C@H]2O[C@@H]1O[C@H](CO)[C@@H](O)[C@H](O)[C@H]1O. The molecule has 2 heterocycles. The average Bonchev–Trinajstić information content (AvgIpc) is 3.41. The number of ether oxygens (including phenoxy) is 5. The minimum Gasteiger partial charge on any atom is -0.504 e. The number of fused-ring (bicyclic) bond motifs is 1. The first-order valence-electron chi connectivity index (χ1n) is 15.4.